The van der Waals surface area contributed by atoms with E-state index in [9.17, 15) is 4.79 Å². The fourth-order valence-electron chi connectivity index (χ4n) is 2.61. The third-order valence-electron chi connectivity index (χ3n) is 4.08. The van der Waals surface area contributed by atoms with Gasteiger partial charge in [0.25, 0.3) is 0 Å². The van der Waals surface area contributed by atoms with Gasteiger partial charge >= 0.3 is 0 Å². The van der Waals surface area contributed by atoms with Crippen LogP contribution in [0.4, 0.5) is 0 Å². The van der Waals surface area contributed by atoms with Crippen molar-refractivity contribution in [2.24, 2.45) is 5.92 Å². The average molecular weight is 298 g/mol. The maximum absolute atomic E-state index is 11.6. The summed E-state index contributed by atoms with van der Waals surface area (Å²) in [4.78, 5) is 16.6. The SMILES string of the molecule is CC(C)OCCCN1CCN(CCCC(=O)C(C)C)CC1. The van der Waals surface area contributed by atoms with Gasteiger partial charge in [-0.15, -0.1) is 0 Å². The number of hydrogen-bond donors (Lipinski definition) is 0. The van der Waals surface area contributed by atoms with Gasteiger partial charge in [0.05, 0.1) is 6.10 Å². The Kier molecular flexibility index (Phi) is 9.13. The standard InChI is InChI=1S/C17H34N2O2/c1-15(2)17(20)7-5-8-18-10-12-19(13-11-18)9-6-14-21-16(3)4/h15-16H,5-14H2,1-4H3. The number of carbonyl (C=O) groups excluding carboxylic acids is 1. The fraction of sp³-hybridized carbons (Fsp3) is 0.941. The third-order valence-corrected chi connectivity index (χ3v) is 4.08. The summed E-state index contributed by atoms with van der Waals surface area (Å²) in [7, 11) is 0. The Hall–Kier alpha value is -0.450. The van der Waals surface area contributed by atoms with E-state index in [1.807, 2.05) is 13.8 Å². The van der Waals surface area contributed by atoms with Crippen molar-refractivity contribution in [1.29, 1.82) is 0 Å². The maximum atomic E-state index is 11.6. The van der Waals surface area contributed by atoms with Crippen LogP contribution in [0.2, 0.25) is 0 Å². The lowest BCUT2D eigenvalue weighted by Crippen LogP contribution is -2.46. The van der Waals surface area contributed by atoms with Crippen LogP contribution in [0.15, 0.2) is 0 Å². The second-order valence-corrected chi connectivity index (χ2v) is 6.68. The van der Waals surface area contributed by atoms with Crippen molar-refractivity contribution in [1.82, 2.24) is 9.80 Å². The number of Topliss-reactive ketones (excluding diaryl/α,β-unsaturated/α-hetero) is 1. The molecule has 1 aliphatic heterocycles. The van der Waals surface area contributed by atoms with E-state index in [1.54, 1.807) is 0 Å². The molecule has 0 spiro atoms. The smallest absolute Gasteiger partial charge is 0.135 e. The molecular formula is C17H34N2O2. The number of rotatable bonds is 10. The summed E-state index contributed by atoms with van der Waals surface area (Å²) < 4.78 is 5.58. The largest absolute Gasteiger partial charge is 0.379 e. The average Bonchev–Trinajstić information content (AvgIpc) is 2.44. The number of carbonyl (C=O) groups is 1. The molecule has 0 aromatic carbocycles. The summed E-state index contributed by atoms with van der Waals surface area (Å²) in [5.41, 5.74) is 0. The Morgan fingerprint density at radius 2 is 1.48 bits per heavy atom. The zero-order valence-corrected chi connectivity index (χ0v) is 14.4. The zero-order chi connectivity index (χ0) is 15.7. The van der Waals surface area contributed by atoms with Crippen molar-refractivity contribution in [2.75, 3.05) is 45.9 Å². The summed E-state index contributed by atoms with van der Waals surface area (Å²) in [6, 6.07) is 0. The van der Waals surface area contributed by atoms with Gasteiger partial charge in [-0.1, -0.05) is 13.8 Å². The molecular weight excluding hydrogens is 264 g/mol. The minimum Gasteiger partial charge on any atom is -0.379 e. The molecule has 0 amide bonds. The molecule has 0 unspecified atom stereocenters. The number of piperazine rings is 1. The van der Waals surface area contributed by atoms with Gasteiger partial charge in [0.2, 0.25) is 0 Å². The molecule has 0 radical (unpaired) electrons. The lowest BCUT2D eigenvalue weighted by molar-refractivity contribution is -0.122. The Labute approximate surface area is 130 Å². The highest BCUT2D eigenvalue weighted by atomic mass is 16.5. The summed E-state index contributed by atoms with van der Waals surface area (Å²) in [6.45, 7) is 15.8. The lowest BCUT2D eigenvalue weighted by atomic mass is 10.0. The molecule has 0 bridgehead atoms. The first-order valence-electron chi connectivity index (χ1n) is 8.58. The van der Waals surface area contributed by atoms with Crippen LogP contribution in [-0.4, -0.2) is 67.6 Å². The zero-order valence-electron chi connectivity index (χ0n) is 14.4. The summed E-state index contributed by atoms with van der Waals surface area (Å²) in [6.07, 6.45) is 3.22. The van der Waals surface area contributed by atoms with Crippen molar-refractivity contribution >= 4 is 5.78 Å². The molecule has 1 saturated heterocycles. The van der Waals surface area contributed by atoms with Crippen LogP contribution in [0, 0.1) is 5.92 Å². The van der Waals surface area contributed by atoms with Gasteiger partial charge in [0.15, 0.2) is 0 Å². The van der Waals surface area contributed by atoms with Gasteiger partial charge in [0, 0.05) is 51.7 Å². The Morgan fingerprint density at radius 1 is 0.952 bits per heavy atom. The summed E-state index contributed by atoms with van der Waals surface area (Å²) in [5.74, 6) is 0.591. The van der Waals surface area contributed by atoms with E-state index in [4.69, 9.17) is 4.74 Å². The van der Waals surface area contributed by atoms with Crippen LogP contribution < -0.4 is 0 Å². The highest BCUT2D eigenvalue weighted by Crippen LogP contribution is 2.07. The van der Waals surface area contributed by atoms with Crippen molar-refractivity contribution in [3.05, 3.63) is 0 Å². The highest BCUT2D eigenvalue weighted by Gasteiger charge is 2.16. The minimum atomic E-state index is 0.190. The summed E-state index contributed by atoms with van der Waals surface area (Å²) in [5, 5.41) is 0. The number of nitrogens with zero attached hydrogens (tertiary/aromatic N) is 2. The van der Waals surface area contributed by atoms with E-state index in [2.05, 4.69) is 23.6 Å². The molecule has 0 aromatic rings. The van der Waals surface area contributed by atoms with Crippen molar-refractivity contribution in [2.45, 2.75) is 53.1 Å². The van der Waals surface area contributed by atoms with Gasteiger partial charge in [-0.3, -0.25) is 4.79 Å². The molecule has 1 heterocycles. The topological polar surface area (TPSA) is 32.8 Å². The van der Waals surface area contributed by atoms with Crippen molar-refractivity contribution < 1.29 is 9.53 Å². The van der Waals surface area contributed by atoms with Crippen molar-refractivity contribution in [3.63, 3.8) is 0 Å². The monoisotopic (exact) mass is 298 g/mol. The Morgan fingerprint density at radius 3 is 1.95 bits per heavy atom. The van der Waals surface area contributed by atoms with E-state index in [-0.39, 0.29) is 5.92 Å². The van der Waals surface area contributed by atoms with E-state index < -0.39 is 0 Å². The molecule has 4 nitrogen and oxygen atoms in total. The second-order valence-electron chi connectivity index (χ2n) is 6.68. The molecule has 4 heteroatoms. The fourth-order valence-corrected chi connectivity index (χ4v) is 2.61. The minimum absolute atomic E-state index is 0.190. The first-order chi connectivity index (χ1) is 9.99. The van der Waals surface area contributed by atoms with Crippen LogP contribution >= 0.6 is 0 Å². The second kappa shape index (κ2) is 10.3. The van der Waals surface area contributed by atoms with Crippen LogP contribution in [-0.2, 0) is 9.53 Å². The summed E-state index contributed by atoms with van der Waals surface area (Å²) >= 11 is 0. The van der Waals surface area contributed by atoms with Crippen molar-refractivity contribution in [3.8, 4) is 0 Å². The van der Waals surface area contributed by atoms with Crippen LogP contribution in [0.3, 0.4) is 0 Å². The van der Waals surface area contributed by atoms with Crippen LogP contribution in [0.5, 0.6) is 0 Å². The number of hydrogen-bond acceptors (Lipinski definition) is 4. The van der Waals surface area contributed by atoms with Gasteiger partial charge in [-0.05, 0) is 33.2 Å². The molecule has 1 rings (SSSR count). The van der Waals surface area contributed by atoms with Gasteiger partial charge in [-0.2, -0.15) is 0 Å². The Bertz CT molecular complexity index is 285. The molecule has 0 aromatic heterocycles. The van der Waals surface area contributed by atoms with E-state index >= 15 is 0 Å². The molecule has 0 aliphatic carbocycles. The van der Waals surface area contributed by atoms with Crippen LogP contribution in [0.25, 0.3) is 0 Å². The molecule has 1 aliphatic rings. The Balaban J connectivity index is 2.03. The molecule has 124 valence electrons. The van der Waals surface area contributed by atoms with E-state index in [0.717, 1.165) is 65.1 Å². The number of ether oxygens (including phenoxy) is 1. The van der Waals surface area contributed by atoms with Crippen LogP contribution in [0.1, 0.15) is 47.0 Å². The molecule has 0 N–H and O–H groups in total. The van der Waals surface area contributed by atoms with Gasteiger partial charge in [0.1, 0.15) is 5.78 Å². The predicted octanol–water partition coefficient (Wildman–Crippen LogP) is 2.42. The van der Waals surface area contributed by atoms with Gasteiger partial charge < -0.3 is 14.5 Å². The van der Waals surface area contributed by atoms with E-state index in [0.29, 0.717) is 11.9 Å². The molecule has 0 saturated carbocycles. The normalized spacial score (nSPS) is 17.8. The quantitative estimate of drug-likeness (QED) is 0.580. The predicted molar refractivity (Wildman–Crippen MR) is 87.7 cm³/mol. The molecule has 0 atom stereocenters. The molecule has 1 fully saturated rings. The maximum Gasteiger partial charge on any atom is 0.135 e. The number of ketones is 1. The van der Waals surface area contributed by atoms with E-state index in [1.165, 1.54) is 0 Å². The molecule has 21 heavy (non-hydrogen) atoms. The third kappa shape index (κ3) is 8.54. The first-order valence-corrected chi connectivity index (χ1v) is 8.58. The lowest BCUT2D eigenvalue weighted by Gasteiger charge is -2.34. The highest BCUT2D eigenvalue weighted by molar-refractivity contribution is 5.80. The first kappa shape index (κ1) is 18.6. The van der Waals surface area contributed by atoms with Gasteiger partial charge in [-0.25, -0.2) is 0 Å².